The van der Waals surface area contributed by atoms with Crippen LogP contribution in [0, 0.1) is 12.3 Å². The van der Waals surface area contributed by atoms with Gasteiger partial charge in [-0.15, -0.1) is 0 Å². The quantitative estimate of drug-likeness (QED) is 0.647. The van der Waals surface area contributed by atoms with Crippen LogP contribution in [0.3, 0.4) is 0 Å². The van der Waals surface area contributed by atoms with E-state index in [1.807, 2.05) is 0 Å². The lowest BCUT2D eigenvalue weighted by Crippen LogP contribution is -2.49. The summed E-state index contributed by atoms with van der Waals surface area (Å²) in [5.74, 6) is 0.731. The average Bonchev–Trinajstić information content (AvgIpc) is 2.30. The lowest BCUT2D eigenvalue weighted by Gasteiger charge is -2.35. The Hall–Kier alpha value is -0.570. The molecule has 1 amide bonds. The van der Waals surface area contributed by atoms with Crippen LogP contribution in [0.25, 0.3) is 0 Å². The fraction of sp³-hybridized carbons (Fsp3) is 0.833. The molecule has 0 aromatic rings. The van der Waals surface area contributed by atoms with Gasteiger partial charge in [0, 0.05) is 32.1 Å². The molecule has 1 aliphatic heterocycles. The molecule has 0 atom stereocenters. The molecule has 85 valence electrons. The van der Waals surface area contributed by atoms with Gasteiger partial charge in [-0.3, -0.25) is 4.79 Å². The molecule has 15 heavy (non-hydrogen) atoms. The molecule has 1 radical (unpaired) electrons. The third-order valence-electron chi connectivity index (χ3n) is 3.60. The number of carbonyl (C=O) groups is 1. The summed E-state index contributed by atoms with van der Waals surface area (Å²) in [5.41, 5.74) is 0. The minimum atomic E-state index is 0.318. The van der Waals surface area contributed by atoms with Gasteiger partial charge >= 0.3 is 0 Å². The van der Waals surface area contributed by atoms with Crippen molar-refractivity contribution in [3.8, 4) is 0 Å². The smallest absolute Gasteiger partial charge is 0.225 e. The van der Waals surface area contributed by atoms with Crippen LogP contribution < -0.4 is 0 Å². The highest BCUT2D eigenvalue weighted by Gasteiger charge is 2.27. The molecule has 0 unspecified atom stereocenters. The summed E-state index contributed by atoms with van der Waals surface area (Å²) < 4.78 is 0. The average molecular weight is 209 g/mol. The van der Waals surface area contributed by atoms with Gasteiger partial charge in [0.25, 0.3) is 0 Å². The molecule has 1 heterocycles. The molecule has 2 fully saturated rings. The summed E-state index contributed by atoms with van der Waals surface area (Å²) in [6.07, 6.45) is 6.72. The predicted molar refractivity (Wildman–Crippen MR) is 60.3 cm³/mol. The fourth-order valence-corrected chi connectivity index (χ4v) is 2.46. The first-order valence-electron chi connectivity index (χ1n) is 6.06. The van der Waals surface area contributed by atoms with E-state index < -0.39 is 0 Å². The molecule has 1 aliphatic carbocycles. The number of hydrogen-bond acceptors (Lipinski definition) is 2. The molecule has 0 aromatic heterocycles. The van der Waals surface area contributed by atoms with Gasteiger partial charge in [0.15, 0.2) is 0 Å². The first-order valence-corrected chi connectivity index (χ1v) is 6.06. The number of piperazine rings is 1. The highest BCUT2D eigenvalue weighted by molar-refractivity contribution is 5.79. The van der Waals surface area contributed by atoms with E-state index in [9.17, 15) is 4.79 Å². The Kier molecular flexibility index (Phi) is 3.62. The van der Waals surface area contributed by atoms with E-state index in [4.69, 9.17) is 0 Å². The molecule has 2 aliphatic rings. The van der Waals surface area contributed by atoms with E-state index in [0.29, 0.717) is 11.8 Å². The van der Waals surface area contributed by atoms with Crippen LogP contribution in [0.15, 0.2) is 0 Å². The summed E-state index contributed by atoms with van der Waals surface area (Å²) in [6.45, 7) is 3.92. The van der Waals surface area contributed by atoms with E-state index in [0.717, 1.165) is 51.9 Å². The summed E-state index contributed by atoms with van der Waals surface area (Å²) >= 11 is 0. The van der Waals surface area contributed by atoms with Crippen LogP contribution in [0.1, 0.15) is 25.7 Å². The molecular formula is C12H21N2O. The van der Waals surface area contributed by atoms with Crippen molar-refractivity contribution < 1.29 is 4.79 Å². The molecular weight excluding hydrogens is 188 g/mol. The Morgan fingerprint density at radius 1 is 1.13 bits per heavy atom. The molecule has 0 aromatic carbocycles. The Labute approximate surface area is 92.4 Å². The number of nitrogens with zero attached hydrogens (tertiary/aromatic N) is 2. The van der Waals surface area contributed by atoms with Crippen LogP contribution in [0.4, 0.5) is 0 Å². The van der Waals surface area contributed by atoms with Crippen molar-refractivity contribution in [1.82, 2.24) is 9.80 Å². The van der Waals surface area contributed by atoms with Crippen molar-refractivity contribution in [2.45, 2.75) is 25.7 Å². The fourth-order valence-electron chi connectivity index (χ4n) is 2.46. The standard InChI is InChI=1S/C12H21N2O/c1-13-7-9-14(10-8-13)12(15)11-5-3-2-4-6-11/h2,11H,3-10H2,1H3. The Bertz CT molecular complexity index is 216. The van der Waals surface area contributed by atoms with Crippen molar-refractivity contribution in [3.63, 3.8) is 0 Å². The number of hydrogen-bond donors (Lipinski definition) is 0. The van der Waals surface area contributed by atoms with Crippen molar-refractivity contribution in [3.05, 3.63) is 6.42 Å². The van der Waals surface area contributed by atoms with Gasteiger partial charge < -0.3 is 9.80 Å². The Balaban J connectivity index is 1.84. The maximum Gasteiger partial charge on any atom is 0.225 e. The number of amides is 1. The number of likely N-dealkylation sites (N-methyl/N-ethyl adjacent to an activating group) is 1. The first kappa shape index (κ1) is 10.9. The van der Waals surface area contributed by atoms with E-state index >= 15 is 0 Å². The van der Waals surface area contributed by atoms with Gasteiger partial charge in [0.2, 0.25) is 5.91 Å². The second-order valence-electron chi connectivity index (χ2n) is 4.77. The summed E-state index contributed by atoms with van der Waals surface area (Å²) in [6, 6.07) is 0. The maximum atomic E-state index is 12.2. The lowest BCUT2D eigenvalue weighted by atomic mass is 9.88. The van der Waals surface area contributed by atoms with Crippen molar-refractivity contribution in [2.75, 3.05) is 33.2 Å². The minimum Gasteiger partial charge on any atom is -0.340 e. The summed E-state index contributed by atoms with van der Waals surface area (Å²) in [4.78, 5) is 16.5. The first-order chi connectivity index (χ1) is 7.27. The second-order valence-corrected chi connectivity index (χ2v) is 4.77. The normalized spacial score (nSPS) is 25.5. The summed E-state index contributed by atoms with van der Waals surface area (Å²) in [7, 11) is 2.12. The molecule has 3 heteroatoms. The molecule has 3 nitrogen and oxygen atoms in total. The predicted octanol–water partition coefficient (Wildman–Crippen LogP) is 1.15. The van der Waals surface area contributed by atoms with Gasteiger partial charge in [-0.05, 0) is 39.2 Å². The van der Waals surface area contributed by atoms with E-state index in [1.165, 1.54) is 0 Å². The maximum absolute atomic E-state index is 12.2. The molecule has 0 bridgehead atoms. The van der Waals surface area contributed by atoms with Gasteiger partial charge in [-0.1, -0.05) is 0 Å². The van der Waals surface area contributed by atoms with Crippen LogP contribution >= 0.6 is 0 Å². The van der Waals surface area contributed by atoms with Crippen LogP contribution in [-0.2, 0) is 4.79 Å². The van der Waals surface area contributed by atoms with Gasteiger partial charge in [-0.2, -0.15) is 0 Å². The molecule has 0 spiro atoms. The highest BCUT2D eigenvalue weighted by atomic mass is 16.2. The van der Waals surface area contributed by atoms with Gasteiger partial charge in [0.1, 0.15) is 0 Å². The van der Waals surface area contributed by atoms with E-state index in [1.54, 1.807) is 0 Å². The third kappa shape index (κ3) is 2.71. The minimum absolute atomic E-state index is 0.318. The third-order valence-corrected chi connectivity index (χ3v) is 3.60. The summed E-state index contributed by atoms with van der Waals surface area (Å²) in [5, 5.41) is 0. The van der Waals surface area contributed by atoms with Crippen molar-refractivity contribution >= 4 is 5.91 Å². The molecule has 2 rings (SSSR count). The largest absolute Gasteiger partial charge is 0.340 e. The van der Waals surface area contributed by atoms with Crippen molar-refractivity contribution in [1.29, 1.82) is 0 Å². The number of carbonyl (C=O) groups excluding carboxylic acids is 1. The molecule has 1 saturated heterocycles. The van der Waals surface area contributed by atoms with Crippen LogP contribution in [0.5, 0.6) is 0 Å². The van der Waals surface area contributed by atoms with Crippen LogP contribution in [-0.4, -0.2) is 48.9 Å². The lowest BCUT2D eigenvalue weighted by molar-refractivity contribution is -0.137. The topological polar surface area (TPSA) is 23.6 Å². The van der Waals surface area contributed by atoms with E-state index in [-0.39, 0.29) is 0 Å². The number of rotatable bonds is 1. The monoisotopic (exact) mass is 209 g/mol. The van der Waals surface area contributed by atoms with Crippen LogP contribution in [0.2, 0.25) is 0 Å². The Morgan fingerprint density at radius 2 is 1.73 bits per heavy atom. The molecule has 0 N–H and O–H groups in total. The zero-order valence-corrected chi connectivity index (χ0v) is 9.61. The van der Waals surface area contributed by atoms with E-state index in [2.05, 4.69) is 23.3 Å². The van der Waals surface area contributed by atoms with Gasteiger partial charge in [0.05, 0.1) is 0 Å². The zero-order chi connectivity index (χ0) is 10.7. The highest BCUT2D eigenvalue weighted by Crippen LogP contribution is 2.25. The molecule has 1 saturated carbocycles. The Morgan fingerprint density at radius 3 is 2.33 bits per heavy atom. The van der Waals surface area contributed by atoms with Crippen molar-refractivity contribution in [2.24, 2.45) is 5.92 Å². The SMILES string of the molecule is CN1CCN(C(=O)C2CC[CH]CC2)CC1. The van der Waals surface area contributed by atoms with Gasteiger partial charge in [-0.25, -0.2) is 0 Å². The second kappa shape index (κ2) is 4.97. The zero-order valence-electron chi connectivity index (χ0n) is 9.61.